The van der Waals surface area contributed by atoms with Gasteiger partial charge in [-0.25, -0.2) is 4.79 Å². The molecule has 0 unspecified atom stereocenters. The number of nitrogens with one attached hydrogen (secondary N) is 3. The van der Waals surface area contributed by atoms with Gasteiger partial charge in [0, 0.05) is 23.6 Å². The molecule has 1 aromatic carbocycles. The lowest BCUT2D eigenvalue weighted by atomic mass is 10.2. The smallest absolute Gasteiger partial charge is 0.316 e. The first-order valence-electron chi connectivity index (χ1n) is 5.71. The van der Waals surface area contributed by atoms with Crippen LogP contribution in [0.1, 0.15) is 10.4 Å². The summed E-state index contributed by atoms with van der Waals surface area (Å²) in [5, 5.41) is 5.04. The van der Waals surface area contributed by atoms with Crippen molar-refractivity contribution in [3.05, 3.63) is 58.5 Å². The summed E-state index contributed by atoms with van der Waals surface area (Å²) >= 11 is 0. The molecule has 0 saturated carbocycles. The van der Waals surface area contributed by atoms with Gasteiger partial charge in [-0.3, -0.25) is 9.59 Å². The summed E-state index contributed by atoms with van der Waals surface area (Å²) in [6.45, 7) is 0. The molecule has 1 aromatic heterocycles. The molecule has 3 amide bonds. The van der Waals surface area contributed by atoms with Crippen LogP contribution >= 0.6 is 0 Å². The molecule has 2 aromatic rings. The highest BCUT2D eigenvalue weighted by molar-refractivity contribution is 6.04. The van der Waals surface area contributed by atoms with Crippen molar-refractivity contribution in [1.82, 2.24) is 4.98 Å². The molecule has 0 fully saturated rings. The molecule has 0 saturated heterocycles. The first-order valence-corrected chi connectivity index (χ1v) is 5.71. The highest BCUT2D eigenvalue weighted by atomic mass is 16.2. The van der Waals surface area contributed by atoms with Gasteiger partial charge >= 0.3 is 6.03 Å². The molecule has 102 valence electrons. The van der Waals surface area contributed by atoms with Crippen molar-refractivity contribution < 1.29 is 9.59 Å². The lowest BCUT2D eigenvalue weighted by Crippen LogP contribution is -2.19. The fourth-order valence-corrected chi connectivity index (χ4v) is 1.57. The Labute approximate surface area is 113 Å². The van der Waals surface area contributed by atoms with E-state index in [1.807, 2.05) is 0 Å². The van der Waals surface area contributed by atoms with Crippen LogP contribution in [0.25, 0.3) is 0 Å². The second-order valence-corrected chi connectivity index (χ2v) is 3.97. The summed E-state index contributed by atoms with van der Waals surface area (Å²) in [4.78, 5) is 36.0. The average Bonchev–Trinajstić information content (AvgIpc) is 2.39. The molecule has 20 heavy (non-hydrogen) atoms. The third kappa shape index (κ3) is 3.45. The van der Waals surface area contributed by atoms with E-state index in [0.29, 0.717) is 16.9 Å². The van der Waals surface area contributed by atoms with Crippen molar-refractivity contribution in [3.63, 3.8) is 0 Å². The fourth-order valence-electron chi connectivity index (χ4n) is 1.57. The van der Waals surface area contributed by atoms with E-state index >= 15 is 0 Å². The van der Waals surface area contributed by atoms with Gasteiger partial charge in [-0.05, 0) is 24.3 Å². The Bertz CT molecular complexity index is 688. The predicted octanol–water partition coefficient (Wildman–Crippen LogP) is 1.12. The third-order valence-electron chi connectivity index (χ3n) is 2.43. The topological polar surface area (TPSA) is 117 Å². The van der Waals surface area contributed by atoms with Crippen LogP contribution in [0.4, 0.5) is 16.2 Å². The van der Waals surface area contributed by atoms with Crippen molar-refractivity contribution >= 4 is 23.3 Å². The number of hydrogen-bond acceptors (Lipinski definition) is 3. The second-order valence-electron chi connectivity index (χ2n) is 3.97. The van der Waals surface area contributed by atoms with Gasteiger partial charge in [0.05, 0.1) is 5.56 Å². The molecule has 0 atom stereocenters. The molecule has 0 bridgehead atoms. The van der Waals surface area contributed by atoms with Crippen LogP contribution in [-0.2, 0) is 0 Å². The number of rotatable bonds is 3. The Morgan fingerprint density at radius 3 is 2.35 bits per heavy atom. The number of aromatic nitrogens is 1. The van der Waals surface area contributed by atoms with Crippen LogP contribution in [-0.4, -0.2) is 16.9 Å². The molecule has 1 heterocycles. The summed E-state index contributed by atoms with van der Waals surface area (Å²) < 4.78 is 0. The zero-order valence-electron chi connectivity index (χ0n) is 10.3. The van der Waals surface area contributed by atoms with Crippen molar-refractivity contribution in [2.24, 2.45) is 5.73 Å². The van der Waals surface area contributed by atoms with Gasteiger partial charge in [0.15, 0.2) is 0 Å². The average molecular weight is 272 g/mol. The molecule has 0 radical (unpaired) electrons. The van der Waals surface area contributed by atoms with Gasteiger partial charge in [-0.2, -0.15) is 0 Å². The maximum Gasteiger partial charge on any atom is 0.316 e. The quantitative estimate of drug-likeness (QED) is 0.670. The molecule has 0 spiro atoms. The minimum atomic E-state index is -0.686. The van der Waals surface area contributed by atoms with Crippen LogP contribution in [0.15, 0.2) is 47.4 Å². The molecule has 7 heteroatoms. The van der Waals surface area contributed by atoms with Crippen LogP contribution in [0.3, 0.4) is 0 Å². The number of nitrogens with two attached hydrogens (primary N) is 1. The number of carbonyl (C=O) groups is 2. The number of urea groups is 1. The number of benzene rings is 1. The summed E-state index contributed by atoms with van der Waals surface area (Å²) in [7, 11) is 0. The van der Waals surface area contributed by atoms with E-state index in [0.717, 1.165) is 0 Å². The van der Waals surface area contributed by atoms with E-state index in [1.165, 1.54) is 18.3 Å². The van der Waals surface area contributed by atoms with Crippen LogP contribution in [0.2, 0.25) is 0 Å². The Morgan fingerprint density at radius 2 is 1.75 bits per heavy atom. The molecule has 0 aliphatic carbocycles. The molecular formula is C13H12N4O3. The maximum absolute atomic E-state index is 11.9. The molecule has 5 N–H and O–H groups in total. The number of H-pyrrole nitrogens is 1. The second kappa shape index (κ2) is 5.70. The Balaban J connectivity index is 2.13. The summed E-state index contributed by atoms with van der Waals surface area (Å²) in [6, 6.07) is 8.52. The predicted molar refractivity (Wildman–Crippen MR) is 74.7 cm³/mol. The minimum Gasteiger partial charge on any atom is -0.351 e. The zero-order valence-corrected chi connectivity index (χ0v) is 10.3. The third-order valence-corrected chi connectivity index (χ3v) is 2.43. The van der Waals surface area contributed by atoms with E-state index in [9.17, 15) is 14.4 Å². The van der Waals surface area contributed by atoms with Crippen molar-refractivity contribution in [2.45, 2.75) is 0 Å². The summed E-state index contributed by atoms with van der Waals surface area (Å²) in [5.74, 6) is -0.377. The Hall–Kier alpha value is -3.09. The van der Waals surface area contributed by atoms with Crippen LogP contribution in [0.5, 0.6) is 0 Å². The number of primary amides is 1. The lowest BCUT2D eigenvalue weighted by molar-refractivity contribution is 0.102. The monoisotopic (exact) mass is 272 g/mol. The van der Waals surface area contributed by atoms with E-state index in [-0.39, 0.29) is 11.5 Å². The molecule has 7 nitrogen and oxygen atoms in total. The van der Waals surface area contributed by atoms with E-state index in [2.05, 4.69) is 15.6 Å². The van der Waals surface area contributed by atoms with E-state index < -0.39 is 6.03 Å². The minimum absolute atomic E-state index is 0.283. The lowest BCUT2D eigenvalue weighted by Gasteiger charge is -2.07. The van der Waals surface area contributed by atoms with Gasteiger partial charge in [-0.1, -0.05) is 6.07 Å². The van der Waals surface area contributed by atoms with Crippen molar-refractivity contribution in [1.29, 1.82) is 0 Å². The number of carbonyl (C=O) groups excluding carboxylic acids is 2. The number of aromatic amines is 1. The number of pyridine rings is 1. The van der Waals surface area contributed by atoms with Gasteiger partial charge in [0.25, 0.3) is 5.91 Å². The highest BCUT2D eigenvalue weighted by Gasteiger charge is 2.06. The molecule has 2 rings (SSSR count). The first-order chi connectivity index (χ1) is 9.54. The van der Waals surface area contributed by atoms with Crippen LogP contribution in [0, 0.1) is 0 Å². The van der Waals surface area contributed by atoms with Gasteiger partial charge in [0.1, 0.15) is 0 Å². The normalized spacial score (nSPS) is 9.80. The zero-order chi connectivity index (χ0) is 14.5. The first kappa shape index (κ1) is 13.3. The van der Waals surface area contributed by atoms with Crippen LogP contribution < -0.4 is 21.9 Å². The maximum atomic E-state index is 11.9. The van der Waals surface area contributed by atoms with Crippen molar-refractivity contribution in [2.75, 3.05) is 10.6 Å². The summed E-state index contributed by atoms with van der Waals surface area (Å²) in [5.41, 5.74) is 6.01. The SMILES string of the molecule is NC(=O)Nc1cccc(NC(=O)c2ccc(=O)[nH]c2)c1. The summed E-state index contributed by atoms with van der Waals surface area (Å²) in [6.07, 6.45) is 1.32. The highest BCUT2D eigenvalue weighted by Crippen LogP contribution is 2.15. The molecular weight excluding hydrogens is 260 g/mol. The fraction of sp³-hybridized carbons (Fsp3) is 0. The standard InChI is InChI=1S/C13H12N4O3/c14-13(20)17-10-3-1-2-9(6-10)16-12(19)8-4-5-11(18)15-7-8/h1-7H,(H,15,18)(H,16,19)(H3,14,17,20). The van der Waals surface area contributed by atoms with E-state index in [1.54, 1.807) is 24.3 Å². The largest absolute Gasteiger partial charge is 0.351 e. The van der Waals surface area contributed by atoms with Crippen molar-refractivity contribution in [3.8, 4) is 0 Å². The Morgan fingerprint density at radius 1 is 1.05 bits per heavy atom. The molecule has 0 aliphatic rings. The van der Waals surface area contributed by atoms with Gasteiger partial charge < -0.3 is 21.4 Å². The van der Waals surface area contributed by atoms with Gasteiger partial charge in [0.2, 0.25) is 5.56 Å². The number of hydrogen-bond donors (Lipinski definition) is 4. The number of amides is 3. The van der Waals surface area contributed by atoms with E-state index in [4.69, 9.17) is 5.73 Å². The Kier molecular flexibility index (Phi) is 3.80. The van der Waals surface area contributed by atoms with Gasteiger partial charge in [-0.15, -0.1) is 0 Å². The molecule has 0 aliphatic heterocycles. The number of anilines is 2.